The summed E-state index contributed by atoms with van der Waals surface area (Å²) in [6.45, 7) is 4.44. The van der Waals surface area contributed by atoms with Gasteiger partial charge < -0.3 is 9.84 Å². The maximum atomic E-state index is 13.5. The maximum Gasteiger partial charge on any atom is 0.415 e. The number of carboxylic acids is 1. The molecule has 1 amide bonds. The number of aromatic nitrogens is 1. The van der Waals surface area contributed by atoms with Gasteiger partial charge in [0.15, 0.2) is 5.82 Å². The van der Waals surface area contributed by atoms with Gasteiger partial charge in [0.2, 0.25) is 0 Å². The highest BCUT2D eigenvalue weighted by Gasteiger charge is 2.33. The number of carboxylic acid groups (broad SMARTS) is 1. The Balaban J connectivity index is 1.42. The lowest BCUT2D eigenvalue weighted by Gasteiger charge is -2.30. The van der Waals surface area contributed by atoms with Crippen molar-refractivity contribution in [3.8, 4) is 11.1 Å². The molecule has 5 rings (SSSR count). The van der Waals surface area contributed by atoms with E-state index in [1.54, 1.807) is 6.07 Å². The first-order valence-corrected chi connectivity index (χ1v) is 12.1. The highest BCUT2D eigenvalue weighted by Crippen LogP contribution is 2.44. The van der Waals surface area contributed by atoms with E-state index >= 15 is 0 Å². The second-order valence-electron chi connectivity index (χ2n) is 9.02. The summed E-state index contributed by atoms with van der Waals surface area (Å²) in [5.74, 6) is -1.07. The van der Waals surface area contributed by atoms with Gasteiger partial charge >= 0.3 is 12.1 Å². The Labute approximate surface area is 205 Å². The van der Waals surface area contributed by atoms with Gasteiger partial charge in [-0.1, -0.05) is 55.5 Å². The fourth-order valence-electron chi connectivity index (χ4n) is 5.43. The van der Waals surface area contributed by atoms with Crippen molar-refractivity contribution in [1.82, 2.24) is 9.88 Å². The lowest BCUT2D eigenvalue weighted by atomic mass is 9.98. The Morgan fingerprint density at radius 1 is 1.06 bits per heavy atom. The molecule has 3 aromatic rings. The molecule has 180 valence electrons. The van der Waals surface area contributed by atoms with Crippen molar-refractivity contribution in [2.45, 2.75) is 31.7 Å². The van der Waals surface area contributed by atoms with Crippen LogP contribution in [0.3, 0.4) is 0 Å². The molecule has 1 aliphatic carbocycles. The second kappa shape index (κ2) is 9.88. The van der Waals surface area contributed by atoms with Crippen LogP contribution in [-0.4, -0.2) is 59.3 Å². The van der Waals surface area contributed by atoms with E-state index in [2.05, 4.69) is 41.1 Å². The predicted octanol–water partition coefficient (Wildman–Crippen LogP) is 5.02. The van der Waals surface area contributed by atoms with Crippen LogP contribution >= 0.6 is 0 Å². The van der Waals surface area contributed by atoms with Crippen LogP contribution < -0.4 is 4.90 Å². The molecule has 35 heavy (non-hydrogen) atoms. The van der Waals surface area contributed by atoms with Gasteiger partial charge in [0.05, 0.1) is 0 Å². The van der Waals surface area contributed by atoms with Crippen molar-refractivity contribution in [2.24, 2.45) is 0 Å². The molecule has 1 saturated heterocycles. The van der Waals surface area contributed by atoms with Gasteiger partial charge in [-0.05, 0) is 60.3 Å². The van der Waals surface area contributed by atoms with Gasteiger partial charge in [-0.2, -0.15) is 0 Å². The molecule has 0 spiro atoms. The minimum atomic E-state index is -1.12. The number of hydrogen-bond acceptors (Lipinski definition) is 5. The number of pyridine rings is 1. The number of nitrogens with zero attached hydrogens (tertiary/aromatic N) is 3. The van der Waals surface area contributed by atoms with Gasteiger partial charge in [-0.3, -0.25) is 9.80 Å². The molecule has 1 aliphatic heterocycles. The minimum Gasteiger partial charge on any atom is -0.478 e. The molecule has 0 saturated carbocycles. The van der Waals surface area contributed by atoms with Crippen LogP contribution in [0.2, 0.25) is 0 Å². The molecule has 0 radical (unpaired) electrons. The van der Waals surface area contributed by atoms with Crippen LogP contribution in [0, 0.1) is 0 Å². The first-order chi connectivity index (χ1) is 17.1. The Morgan fingerprint density at radius 2 is 1.74 bits per heavy atom. The molecule has 1 aromatic heterocycles. The smallest absolute Gasteiger partial charge is 0.415 e. The van der Waals surface area contributed by atoms with E-state index in [-0.39, 0.29) is 29.9 Å². The highest BCUT2D eigenvalue weighted by atomic mass is 16.6. The monoisotopic (exact) mass is 471 g/mol. The summed E-state index contributed by atoms with van der Waals surface area (Å²) in [7, 11) is 0. The van der Waals surface area contributed by atoms with Crippen molar-refractivity contribution < 1.29 is 19.4 Å². The summed E-state index contributed by atoms with van der Waals surface area (Å²) in [6.07, 6.45) is 2.93. The maximum absolute atomic E-state index is 13.5. The molecule has 2 aliphatic rings. The third-order valence-corrected chi connectivity index (χ3v) is 7.13. The number of anilines is 1. The summed E-state index contributed by atoms with van der Waals surface area (Å²) < 4.78 is 5.91. The average Bonchev–Trinajstić information content (AvgIpc) is 3.47. The largest absolute Gasteiger partial charge is 0.478 e. The number of fused-ring (bicyclic) bond motifs is 3. The molecule has 1 atom stereocenters. The van der Waals surface area contributed by atoms with E-state index in [0.717, 1.165) is 48.2 Å². The van der Waals surface area contributed by atoms with E-state index in [0.29, 0.717) is 6.54 Å². The normalized spacial score (nSPS) is 17.1. The number of carbonyl (C=O) groups is 2. The number of amides is 1. The summed E-state index contributed by atoms with van der Waals surface area (Å²) in [5, 5.41) is 9.75. The van der Waals surface area contributed by atoms with Crippen LogP contribution in [0.5, 0.6) is 0 Å². The first-order valence-electron chi connectivity index (χ1n) is 12.1. The number of ether oxygens (including phenoxy) is 1. The van der Waals surface area contributed by atoms with E-state index in [9.17, 15) is 14.7 Å². The Kier molecular flexibility index (Phi) is 6.51. The average molecular weight is 472 g/mol. The van der Waals surface area contributed by atoms with Crippen molar-refractivity contribution >= 4 is 17.9 Å². The third kappa shape index (κ3) is 4.39. The summed E-state index contributed by atoms with van der Waals surface area (Å²) in [5.41, 5.74) is 4.56. The van der Waals surface area contributed by atoms with Gasteiger partial charge in [0.25, 0.3) is 0 Å². The molecule has 0 bridgehead atoms. The zero-order chi connectivity index (χ0) is 24.4. The first kappa shape index (κ1) is 23.1. The summed E-state index contributed by atoms with van der Waals surface area (Å²) >= 11 is 0. The lowest BCUT2D eigenvalue weighted by molar-refractivity contribution is 0.0697. The standard InChI is InChI=1S/C28H29N3O4/c1-2-30-16-8-9-19(30)17-31(26-24(27(32)33)14-7-15-29-26)28(34)35-18-25-22-12-5-3-10-20(22)21-11-4-6-13-23(21)25/h3-7,10-15,19,25H,2,8-9,16-18H2,1H3,(H,32,33). The van der Waals surface area contributed by atoms with Gasteiger partial charge in [0, 0.05) is 24.7 Å². The highest BCUT2D eigenvalue weighted by molar-refractivity contribution is 5.98. The van der Waals surface area contributed by atoms with E-state index in [1.165, 1.54) is 17.2 Å². The fourth-order valence-corrected chi connectivity index (χ4v) is 5.43. The number of benzene rings is 2. The van der Waals surface area contributed by atoms with Crippen molar-refractivity contribution in [3.05, 3.63) is 83.6 Å². The Bertz CT molecular complexity index is 1200. The topological polar surface area (TPSA) is 83.0 Å². The molecule has 1 fully saturated rings. The van der Waals surface area contributed by atoms with Gasteiger partial charge in [-0.25, -0.2) is 14.6 Å². The van der Waals surface area contributed by atoms with Gasteiger partial charge in [0.1, 0.15) is 12.2 Å². The number of rotatable bonds is 7. The number of hydrogen-bond donors (Lipinski definition) is 1. The zero-order valence-electron chi connectivity index (χ0n) is 19.8. The third-order valence-electron chi connectivity index (χ3n) is 7.13. The van der Waals surface area contributed by atoms with Crippen LogP contribution in [0.4, 0.5) is 10.6 Å². The van der Waals surface area contributed by atoms with Crippen molar-refractivity contribution in [3.63, 3.8) is 0 Å². The number of carbonyl (C=O) groups excluding carboxylic acids is 1. The molecule has 1 N–H and O–H groups in total. The molecule has 2 heterocycles. The van der Waals surface area contributed by atoms with Crippen molar-refractivity contribution in [2.75, 3.05) is 31.1 Å². The van der Waals surface area contributed by atoms with Crippen molar-refractivity contribution in [1.29, 1.82) is 0 Å². The van der Waals surface area contributed by atoms with Crippen LogP contribution in [0.15, 0.2) is 66.9 Å². The van der Waals surface area contributed by atoms with Crippen LogP contribution in [0.1, 0.15) is 47.2 Å². The molecule has 1 unspecified atom stereocenters. The lowest BCUT2D eigenvalue weighted by Crippen LogP contribution is -2.44. The molecular weight excluding hydrogens is 442 g/mol. The van der Waals surface area contributed by atoms with Crippen LogP contribution in [0.25, 0.3) is 11.1 Å². The minimum absolute atomic E-state index is 0.0120. The number of likely N-dealkylation sites (N-methyl/N-ethyl adjacent to an activating group) is 1. The molecule has 2 aromatic carbocycles. The van der Waals surface area contributed by atoms with Crippen LogP contribution in [-0.2, 0) is 4.74 Å². The SMILES string of the molecule is CCN1CCCC1CN(C(=O)OCC1c2ccccc2-c2ccccc21)c1ncccc1C(=O)O. The van der Waals surface area contributed by atoms with E-state index in [1.807, 2.05) is 24.3 Å². The molecular formula is C28H29N3O4. The quantitative estimate of drug-likeness (QED) is 0.521. The summed E-state index contributed by atoms with van der Waals surface area (Å²) in [4.78, 5) is 33.5. The number of likely N-dealkylation sites (tertiary alicyclic amines) is 1. The fraction of sp³-hybridized carbons (Fsp3) is 0.321. The number of aromatic carboxylic acids is 1. The van der Waals surface area contributed by atoms with E-state index in [4.69, 9.17) is 4.74 Å². The Hall–Kier alpha value is -3.71. The predicted molar refractivity (Wildman–Crippen MR) is 134 cm³/mol. The summed E-state index contributed by atoms with van der Waals surface area (Å²) in [6, 6.07) is 19.5. The Morgan fingerprint density at radius 3 is 2.40 bits per heavy atom. The second-order valence-corrected chi connectivity index (χ2v) is 9.02. The molecule has 7 nitrogen and oxygen atoms in total. The zero-order valence-corrected chi connectivity index (χ0v) is 19.8. The molecule has 7 heteroatoms. The van der Waals surface area contributed by atoms with E-state index < -0.39 is 12.1 Å². The van der Waals surface area contributed by atoms with Gasteiger partial charge in [-0.15, -0.1) is 0 Å².